The van der Waals surface area contributed by atoms with Crippen LogP contribution in [0, 0.1) is 12.7 Å². The maximum atomic E-state index is 13.0. The predicted octanol–water partition coefficient (Wildman–Crippen LogP) is 2.88. The molecule has 3 nitrogen and oxygen atoms in total. The third-order valence-electron chi connectivity index (χ3n) is 3.04. The number of benzene rings is 1. The van der Waals surface area contributed by atoms with E-state index < -0.39 is 0 Å². The Balaban J connectivity index is 2.03. The van der Waals surface area contributed by atoms with Gasteiger partial charge in [-0.25, -0.2) is 4.39 Å². The van der Waals surface area contributed by atoms with Gasteiger partial charge in [-0.2, -0.15) is 5.10 Å². The van der Waals surface area contributed by atoms with Crippen molar-refractivity contribution in [3.63, 3.8) is 0 Å². The third kappa shape index (κ3) is 3.89. The molecule has 0 spiro atoms. The van der Waals surface area contributed by atoms with E-state index in [4.69, 9.17) is 0 Å². The second-order valence-corrected chi connectivity index (χ2v) is 5.15. The van der Waals surface area contributed by atoms with Crippen molar-refractivity contribution in [1.29, 1.82) is 0 Å². The summed E-state index contributed by atoms with van der Waals surface area (Å²) in [5.41, 5.74) is 3.21. The van der Waals surface area contributed by atoms with Crippen molar-refractivity contribution in [3.05, 3.63) is 53.1 Å². The fourth-order valence-corrected chi connectivity index (χ4v) is 1.92. The molecule has 0 saturated carbocycles. The summed E-state index contributed by atoms with van der Waals surface area (Å²) >= 11 is 0. The van der Waals surface area contributed by atoms with Crippen LogP contribution in [0.4, 0.5) is 4.39 Å². The molecule has 0 saturated heterocycles. The molecular formula is C15H20FN3. The third-order valence-corrected chi connectivity index (χ3v) is 3.04. The summed E-state index contributed by atoms with van der Waals surface area (Å²) in [6.45, 7) is 7.65. The number of aromatic nitrogens is 2. The summed E-state index contributed by atoms with van der Waals surface area (Å²) < 4.78 is 14.9. The Morgan fingerprint density at radius 3 is 2.84 bits per heavy atom. The number of aryl methyl sites for hydroxylation is 1. The molecular weight excluding hydrogens is 241 g/mol. The van der Waals surface area contributed by atoms with E-state index in [-0.39, 0.29) is 5.82 Å². The topological polar surface area (TPSA) is 29.9 Å². The molecule has 19 heavy (non-hydrogen) atoms. The van der Waals surface area contributed by atoms with Crippen molar-refractivity contribution in [1.82, 2.24) is 15.1 Å². The first-order valence-corrected chi connectivity index (χ1v) is 6.54. The SMILES string of the molecule is Cc1cc(F)ccc1Cn1cc(CNC(C)C)cn1. The van der Waals surface area contributed by atoms with E-state index in [1.54, 1.807) is 6.07 Å². The number of hydrogen-bond acceptors (Lipinski definition) is 2. The van der Waals surface area contributed by atoms with E-state index in [9.17, 15) is 4.39 Å². The Labute approximate surface area is 113 Å². The fourth-order valence-electron chi connectivity index (χ4n) is 1.92. The standard InChI is InChI=1S/C15H20FN3/c1-11(2)17-7-13-8-18-19(9-13)10-14-4-5-15(16)6-12(14)3/h4-6,8-9,11,17H,7,10H2,1-3H3. The zero-order valence-corrected chi connectivity index (χ0v) is 11.7. The smallest absolute Gasteiger partial charge is 0.123 e. The lowest BCUT2D eigenvalue weighted by atomic mass is 10.1. The quantitative estimate of drug-likeness (QED) is 0.897. The normalized spacial score (nSPS) is 11.2. The number of nitrogens with zero attached hydrogens (tertiary/aromatic N) is 2. The second-order valence-electron chi connectivity index (χ2n) is 5.15. The first-order valence-electron chi connectivity index (χ1n) is 6.54. The highest BCUT2D eigenvalue weighted by Gasteiger charge is 2.04. The summed E-state index contributed by atoms with van der Waals surface area (Å²) in [6, 6.07) is 5.33. The lowest BCUT2D eigenvalue weighted by Crippen LogP contribution is -2.21. The van der Waals surface area contributed by atoms with E-state index in [2.05, 4.69) is 24.3 Å². The van der Waals surface area contributed by atoms with E-state index >= 15 is 0 Å². The predicted molar refractivity (Wildman–Crippen MR) is 74.4 cm³/mol. The molecule has 102 valence electrons. The van der Waals surface area contributed by atoms with Gasteiger partial charge in [0, 0.05) is 24.3 Å². The minimum absolute atomic E-state index is 0.191. The minimum Gasteiger partial charge on any atom is -0.310 e. The molecule has 0 aliphatic carbocycles. The van der Waals surface area contributed by atoms with Crippen LogP contribution in [0.15, 0.2) is 30.6 Å². The molecule has 0 fully saturated rings. The summed E-state index contributed by atoms with van der Waals surface area (Å²) in [6.07, 6.45) is 3.90. The summed E-state index contributed by atoms with van der Waals surface area (Å²) in [5, 5.41) is 7.69. The fraction of sp³-hybridized carbons (Fsp3) is 0.400. The van der Waals surface area contributed by atoms with Gasteiger partial charge in [-0.05, 0) is 30.2 Å². The summed E-state index contributed by atoms with van der Waals surface area (Å²) in [4.78, 5) is 0. The Kier molecular flexibility index (Phi) is 4.32. The van der Waals surface area contributed by atoms with Gasteiger partial charge < -0.3 is 5.32 Å². The largest absolute Gasteiger partial charge is 0.310 e. The van der Waals surface area contributed by atoms with Crippen LogP contribution in [-0.2, 0) is 13.1 Å². The highest BCUT2D eigenvalue weighted by molar-refractivity contribution is 5.26. The van der Waals surface area contributed by atoms with Gasteiger partial charge in [-0.3, -0.25) is 4.68 Å². The lowest BCUT2D eigenvalue weighted by molar-refractivity contribution is 0.588. The van der Waals surface area contributed by atoms with Crippen LogP contribution < -0.4 is 5.32 Å². The molecule has 0 bridgehead atoms. The number of rotatable bonds is 5. The molecule has 4 heteroatoms. The molecule has 0 amide bonds. The molecule has 1 heterocycles. The van der Waals surface area contributed by atoms with Gasteiger partial charge in [0.25, 0.3) is 0 Å². The van der Waals surface area contributed by atoms with Crippen LogP contribution in [0.25, 0.3) is 0 Å². The lowest BCUT2D eigenvalue weighted by Gasteiger charge is -2.06. The number of hydrogen-bond donors (Lipinski definition) is 1. The molecule has 0 unspecified atom stereocenters. The summed E-state index contributed by atoms with van der Waals surface area (Å²) in [5.74, 6) is -0.191. The van der Waals surface area contributed by atoms with E-state index in [0.717, 1.165) is 23.2 Å². The van der Waals surface area contributed by atoms with Gasteiger partial charge >= 0.3 is 0 Å². The first kappa shape index (κ1) is 13.7. The zero-order valence-electron chi connectivity index (χ0n) is 11.7. The van der Waals surface area contributed by atoms with Crippen molar-refractivity contribution in [3.8, 4) is 0 Å². The Hall–Kier alpha value is -1.68. The maximum absolute atomic E-state index is 13.0. The zero-order chi connectivity index (χ0) is 13.8. The van der Waals surface area contributed by atoms with E-state index in [0.29, 0.717) is 12.6 Å². The van der Waals surface area contributed by atoms with Gasteiger partial charge in [0.05, 0.1) is 12.7 Å². The van der Waals surface area contributed by atoms with Crippen molar-refractivity contribution in [2.45, 2.75) is 39.9 Å². The first-order chi connectivity index (χ1) is 9.04. The summed E-state index contributed by atoms with van der Waals surface area (Å²) in [7, 11) is 0. The van der Waals surface area contributed by atoms with Crippen molar-refractivity contribution < 1.29 is 4.39 Å². The average molecular weight is 261 g/mol. The molecule has 0 aliphatic heterocycles. The number of halogens is 1. The van der Waals surface area contributed by atoms with Crippen molar-refractivity contribution in [2.24, 2.45) is 0 Å². The molecule has 1 aromatic carbocycles. The van der Waals surface area contributed by atoms with Crippen molar-refractivity contribution >= 4 is 0 Å². The number of nitrogens with one attached hydrogen (secondary N) is 1. The molecule has 1 N–H and O–H groups in total. The Morgan fingerprint density at radius 1 is 1.37 bits per heavy atom. The van der Waals surface area contributed by atoms with Crippen LogP contribution in [0.5, 0.6) is 0 Å². The second kappa shape index (κ2) is 5.97. The maximum Gasteiger partial charge on any atom is 0.123 e. The minimum atomic E-state index is -0.191. The van der Waals surface area contributed by atoms with E-state index in [1.165, 1.54) is 6.07 Å². The van der Waals surface area contributed by atoms with Crippen molar-refractivity contribution in [2.75, 3.05) is 0 Å². The van der Waals surface area contributed by atoms with Crippen LogP contribution in [-0.4, -0.2) is 15.8 Å². The molecule has 0 atom stereocenters. The van der Waals surface area contributed by atoms with Gasteiger partial charge in [-0.1, -0.05) is 19.9 Å². The average Bonchev–Trinajstić information content (AvgIpc) is 2.78. The van der Waals surface area contributed by atoms with Crippen LogP contribution >= 0.6 is 0 Å². The van der Waals surface area contributed by atoms with Gasteiger partial charge in [0.1, 0.15) is 5.82 Å². The monoisotopic (exact) mass is 261 g/mol. The highest BCUT2D eigenvalue weighted by atomic mass is 19.1. The van der Waals surface area contributed by atoms with E-state index in [1.807, 2.05) is 30.1 Å². The highest BCUT2D eigenvalue weighted by Crippen LogP contribution is 2.12. The van der Waals surface area contributed by atoms with Gasteiger partial charge in [0.2, 0.25) is 0 Å². The van der Waals surface area contributed by atoms with Gasteiger partial charge in [0.15, 0.2) is 0 Å². The molecule has 0 radical (unpaired) electrons. The van der Waals surface area contributed by atoms with Crippen LogP contribution in [0.3, 0.4) is 0 Å². The van der Waals surface area contributed by atoms with Gasteiger partial charge in [-0.15, -0.1) is 0 Å². The van der Waals surface area contributed by atoms with Crippen LogP contribution in [0.2, 0.25) is 0 Å². The van der Waals surface area contributed by atoms with Crippen LogP contribution in [0.1, 0.15) is 30.5 Å². The Bertz CT molecular complexity index is 546. The Morgan fingerprint density at radius 2 is 2.16 bits per heavy atom. The molecule has 2 rings (SSSR count). The molecule has 0 aliphatic rings. The molecule has 1 aromatic heterocycles. The molecule has 2 aromatic rings.